The number of hydrogen-bond acceptors (Lipinski definition) is 4. The maximum absolute atomic E-state index is 5.38. The van der Waals surface area contributed by atoms with E-state index in [1.165, 1.54) is 4.88 Å². The largest absolute Gasteiger partial charge is 0.469 e. The number of hydrogen-bond donors (Lipinski definition) is 2. The van der Waals surface area contributed by atoms with Gasteiger partial charge in [-0.15, -0.1) is 35.3 Å². The third-order valence-electron chi connectivity index (χ3n) is 3.85. The molecule has 0 saturated heterocycles. The molecule has 0 aliphatic heterocycles. The minimum Gasteiger partial charge on any atom is -0.469 e. The molecule has 0 atom stereocenters. The number of nitrogens with zero attached hydrogens (tertiary/aromatic N) is 2. The Morgan fingerprint density at radius 2 is 1.89 bits per heavy atom. The third-order valence-corrected chi connectivity index (χ3v) is 4.79. The molecule has 27 heavy (non-hydrogen) atoms. The summed E-state index contributed by atoms with van der Waals surface area (Å²) in [5.41, 5.74) is 1.08. The van der Waals surface area contributed by atoms with E-state index in [0.717, 1.165) is 56.3 Å². The number of aromatic nitrogens is 1. The Labute approximate surface area is 181 Å². The van der Waals surface area contributed by atoms with Gasteiger partial charge in [0.25, 0.3) is 0 Å². The van der Waals surface area contributed by atoms with Crippen molar-refractivity contribution in [3.8, 4) is 0 Å². The smallest absolute Gasteiger partial charge is 0.191 e. The van der Waals surface area contributed by atoms with Crippen LogP contribution in [-0.2, 0) is 19.3 Å². The molecule has 3 aromatic heterocycles. The zero-order valence-corrected chi connectivity index (χ0v) is 18.3. The van der Waals surface area contributed by atoms with Gasteiger partial charge in [0.15, 0.2) is 5.96 Å². The maximum atomic E-state index is 5.38. The van der Waals surface area contributed by atoms with Crippen molar-refractivity contribution >= 4 is 41.3 Å². The second-order valence-corrected chi connectivity index (χ2v) is 6.85. The van der Waals surface area contributed by atoms with Crippen molar-refractivity contribution in [3.05, 3.63) is 76.6 Å². The normalized spacial score (nSPS) is 11.0. The number of furan rings is 1. The molecule has 3 heterocycles. The highest BCUT2D eigenvalue weighted by molar-refractivity contribution is 14.0. The predicted molar refractivity (Wildman–Crippen MR) is 122 cm³/mol. The van der Waals surface area contributed by atoms with E-state index in [9.17, 15) is 0 Å². The van der Waals surface area contributed by atoms with E-state index in [1.54, 1.807) is 17.6 Å². The first-order valence-electron chi connectivity index (χ1n) is 8.87. The van der Waals surface area contributed by atoms with Gasteiger partial charge < -0.3 is 15.1 Å². The highest BCUT2D eigenvalue weighted by atomic mass is 127. The van der Waals surface area contributed by atoms with Crippen LogP contribution in [0.5, 0.6) is 0 Å². The Kier molecular flexibility index (Phi) is 9.93. The highest BCUT2D eigenvalue weighted by Crippen LogP contribution is 2.08. The second-order valence-electron chi connectivity index (χ2n) is 5.81. The summed E-state index contributed by atoms with van der Waals surface area (Å²) in [4.78, 5) is 10.4. The molecule has 0 aromatic carbocycles. The van der Waals surface area contributed by atoms with Gasteiger partial charge in [-0.1, -0.05) is 12.1 Å². The number of nitrogens with one attached hydrogen (secondary N) is 2. The van der Waals surface area contributed by atoms with E-state index < -0.39 is 0 Å². The number of rotatable bonds is 9. The molecule has 0 aliphatic rings. The number of guanidine groups is 1. The fraction of sp³-hybridized carbons (Fsp3) is 0.300. The van der Waals surface area contributed by atoms with Gasteiger partial charge in [0.05, 0.1) is 6.26 Å². The first-order chi connectivity index (χ1) is 12.9. The summed E-state index contributed by atoms with van der Waals surface area (Å²) in [6.45, 7) is 2.34. The van der Waals surface area contributed by atoms with Crippen molar-refractivity contribution in [2.45, 2.75) is 19.3 Å². The molecule has 7 heteroatoms. The van der Waals surface area contributed by atoms with Gasteiger partial charge in [-0.25, -0.2) is 0 Å². The zero-order chi connectivity index (χ0) is 17.9. The summed E-state index contributed by atoms with van der Waals surface area (Å²) in [5.74, 6) is 1.81. The summed E-state index contributed by atoms with van der Waals surface area (Å²) >= 11 is 1.78. The second kappa shape index (κ2) is 12.5. The van der Waals surface area contributed by atoms with Gasteiger partial charge >= 0.3 is 0 Å². The molecular formula is C20H25IN4OS. The van der Waals surface area contributed by atoms with Crippen molar-refractivity contribution in [1.29, 1.82) is 0 Å². The van der Waals surface area contributed by atoms with Gasteiger partial charge in [-0.3, -0.25) is 9.98 Å². The lowest BCUT2D eigenvalue weighted by Crippen LogP contribution is -2.39. The van der Waals surface area contributed by atoms with Crippen LogP contribution < -0.4 is 10.6 Å². The van der Waals surface area contributed by atoms with Crippen LogP contribution in [0.1, 0.15) is 16.3 Å². The molecule has 5 nitrogen and oxygen atoms in total. The number of pyridine rings is 1. The lowest BCUT2D eigenvalue weighted by molar-refractivity contribution is 0.506. The van der Waals surface area contributed by atoms with Crippen LogP contribution >= 0.6 is 35.3 Å². The molecule has 0 unspecified atom stereocenters. The Morgan fingerprint density at radius 1 is 1.00 bits per heavy atom. The Morgan fingerprint density at radius 3 is 2.59 bits per heavy atom. The average Bonchev–Trinajstić information content (AvgIpc) is 3.36. The van der Waals surface area contributed by atoms with E-state index >= 15 is 0 Å². The van der Waals surface area contributed by atoms with Crippen molar-refractivity contribution < 1.29 is 4.42 Å². The fourth-order valence-corrected chi connectivity index (χ4v) is 3.22. The summed E-state index contributed by atoms with van der Waals surface area (Å²) in [6.07, 6.45) is 6.19. The van der Waals surface area contributed by atoms with Gasteiger partial charge in [0.1, 0.15) is 5.76 Å². The molecule has 0 saturated carbocycles. The Bertz CT molecular complexity index is 761. The third kappa shape index (κ3) is 8.13. The first kappa shape index (κ1) is 21.4. The molecule has 0 fully saturated rings. The van der Waals surface area contributed by atoms with Crippen LogP contribution in [0, 0.1) is 0 Å². The van der Waals surface area contributed by atoms with Crippen molar-refractivity contribution in [2.75, 3.05) is 19.6 Å². The minimum atomic E-state index is 0. The van der Waals surface area contributed by atoms with Crippen LogP contribution in [0.2, 0.25) is 0 Å². The fourth-order valence-electron chi connectivity index (χ4n) is 2.52. The standard InChI is InChI=1S/C20H24N4OS.HI/c1-2-11-21-17(5-1)8-12-22-20(23-13-9-18-6-3-15-25-18)24-14-10-19-7-4-16-26-19;/h1-7,11,15-16H,8-10,12-14H2,(H2,22,23,24);1H. The van der Waals surface area contributed by atoms with E-state index in [1.807, 2.05) is 36.5 Å². The molecular weight excluding hydrogens is 471 g/mol. The zero-order valence-electron chi connectivity index (χ0n) is 15.1. The maximum Gasteiger partial charge on any atom is 0.191 e. The molecule has 144 valence electrons. The molecule has 0 aliphatic carbocycles. The van der Waals surface area contributed by atoms with Crippen molar-refractivity contribution in [2.24, 2.45) is 4.99 Å². The highest BCUT2D eigenvalue weighted by Gasteiger charge is 2.02. The molecule has 0 spiro atoms. The summed E-state index contributed by atoms with van der Waals surface area (Å²) in [5, 5.41) is 8.89. The number of thiophene rings is 1. The average molecular weight is 496 g/mol. The first-order valence-corrected chi connectivity index (χ1v) is 9.75. The Hall–Kier alpha value is -1.87. The summed E-state index contributed by atoms with van der Waals surface area (Å²) < 4.78 is 5.38. The Balaban J connectivity index is 0.00000261. The van der Waals surface area contributed by atoms with Crippen LogP contribution in [-0.4, -0.2) is 30.6 Å². The van der Waals surface area contributed by atoms with E-state index in [2.05, 4.69) is 33.1 Å². The van der Waals surface area contributed by atoms with Crippen LogP contribution in [0.15, 0.2) is 69.7 Å². The van der Waals surface area contributed by atoms with E-state index in [-0.39, 0.29) is 24.0 Å². The summed E-state index contributed by atoms with van der Waals surface area (Å²) in [7, 11) is 0. The quantitative estimate of drug-likeness (QED) is 0.268. The lowest BCUT2D eigenvalue weighted by Gasteiger charge is -2.12. The van der Waals surface area contributed by atoms with Gasteiger partial charge in [-0.05, 0) is 35.7 Å². The van der Waals surface area contributed by atoms with Gasteiger partial charge in [-0.2, -0.15) is 0 Å². The number of aliphatic imine (C=N–C) groups is 1. The van der Waals surface area contributed by atoms with Gasteiger partial charge in [0, 0.05) is 55.7 Å². The monoisotopic (exact) mass is 496 g/mol. The molecule has 2 N–H and O–H groups in total. The van der Waals surface area contributed by atoms with Crippen LogP contribution in [0.25, 0.3) is 0 Å². The molecule has 0 amide bonds. The topological polar surface area (TPSA) is 62.5 Å². The number of halogens is 1. The van der Waals surface area contributed by atoms with Crippen LogP contribution in [0.4, 0.5) is 0 Å². The van der Waals surface area contributed by atoms with Gasteiger partial charge in [0.2, 0.25) is 0 Å². The molecule has 0 bridgehead atoms. The lowest BCUT2D eigenvalue weighted by atomic mass is 10.3. The molecule has 3 aromatic rings. The van der Waals surface area contributed by atoms with Crippen LogP contribution in [0.3, 0.4) is 0 Å². The molecule has 0 radical (unpaired) electrons. The summed E-state index contributed by atoms with van der Waals surface area (Å²) in [6, 6.07) is 14.1. The minimum absolute atomic E-state index is 0. The SMILES string of the molecule is I.c1ccc(CCNC(=NCCc2cccs2)NCCc2ccco2)nc1. The van der Waals surface area contributed by atoms with E-state index in [0.29, 0.717) is 0 Å². The molecule has 3 rings (SSSR count). The predicted octanol–water partition coefficient (Wildman–Crippen LogP) is 3.92. The van der Waals surface area contributed by atoms with E-state index in [4.69, 9.17) is 9.41 Å². The van der Waals surface area contributed by atoms with Crippen molar-refractivity contribution in [1.82, 2.24) is 15.6 Å². The van der Waals surface area contributed by atoms with Crippen molar-refractivity contribution in [3.63, 3.8) is 0 Å².